The number of likely N-dealkylation sites (tertiary alicyclic amines) is 1. The number of aliphatic imine (C=N–C) groups is 1. The molecule has 0 aromatic carbocycles. The van der Waals surface area contributed by atoms with Crippen molar-refractivity contribution in [1.29, 1.82) is 0 Å². The maximum absolute atomic E-state index is 4.82. The van der Waals surface area contributed by atoms with Gasteiger partial charge in [0.15, 0.2) is 5.96 Å². The number of piperidine rings is 1. The van der Waals surface area contributed by atoms with Crippen molar-refractivity contribution in [3.63, 3.8) is 0 Å². The van der Waals surface area contributed by atoms with E-state index in [4.69, 9.17) is 4.99 Å². The average Bonchev–Trinajstić information content (AvgIpc) is 2.54. The standard InChI is InChI=1S/C18H39N5.HI/c1-7-19-18(20-14-16(6)22(8-2)9-3)21-17-10-12-23(13-11-17)15(4)5;/h15-17H,7-14H2,1-6H3,(H2,19,20,21);1H. The molecule has 1 unspecified atom stereocenters. The van der Waals surface area contributed by atoms with E-state index >= 15 is 0 Å². The van der Waals surface area contributed by atoms with Gasteiger partial charge in [0.2, 0.25) is 0 Å². The lowest BCUT2D eigenvalue weighted by atomic mass is 10.0. The first-order valence-corrected chi connectivity index (χ1v) is 9.54. The van der Waals surface area contributed by atoms with Crippen molar-refractivity contribution < 1.29 is 0 Å². The Kier molecular flexibility index (Phi) is 13.1. The molecule has 1 rings (SSSR count). The topological polar surface area (TPSA) is 42.9 Å². The molecule has 1 aliphatic heterocycles. The van der Waals surface area contributed by atoms with Gasteiger partial charge >= 0.3 is 0 Å². The summed E-state index contributed by atoms with van der Waals surface area (Å²) in [6.07, 6.45) is 2.41. The van der Waals surface area contributed by atoms with E-state index in [9.17, 15) is 0 Å². The lowest BCUT2D eigenvalue weighted by molar-refractivity contribution is 0.167. The second-order valence-corrected chi connectivity index (χ2v) is 6.84. The van der Waals surface area contributed by atoms with Gasteiger partial charge in [0.1, 0.15) is 0 Å². The second-order valence-electron chi connectivity index (χ2n) is 6.84. The Hall–Kier alpha value is -0.0800. The zero-order chi connectivity index (χ0) is 17.2. The predicted molar refractivity (Wildman–Crippen MR) is 117 cm³/mol. The van der Waals surface area contributed by atoms with Crippen LogP contribution < -0.4 is 10.6 Å². The van der Waals surface area contributed by atoms with Gasteiger partial charge in [-0.15, -0.1) is 24.0 Å². The van der Waals surface area contributed by atoms with Gasteiger partial charge in [-0.1, -0.05) is 13.8 Å². The Bertz CT molecular complexity index is 336. The van der Waals surface area contributed by atoms with Gasteiger partial charge in [-0.25, -0.2) is 0 Å². The summed E-state index contributed by atoms with van der Waals surface area (Å²) in [6.45, 7) is 19.7. The van der Waals surface area contributed by atoms with Crippen molar-refractivity contribution in [3.8, 4) is 0 Å². The molecule has 1 aliphatic rings. The minimum atomic E-state index is 0. The Morgan fingerprint density at radius 2 is 1.71 bits per heavy atom. The zero-order valence-electron chi connectivity index (χ0n) is 16.6. The van der Waals surface area contributed by atoms with Gasteiger partial charge < -0.3 is 15.5 Å². The van der Waals surface area contributed by atoms with Crippen molar-refractivity contribution in [2.75, 3.05) is 39.3 Å². The molecule has 0 aromatic rings. The molecule has 1 heterocycles. The van der Waals surface area contributed by atoms with E-state index < -0.39 is 0 Å². The van der Waals surface area contributed by atoms with Crippen LogP contribution in [0.25, 0.3) is 0 Å². The Morgan fingerprint density at radius 3 is 2.17 bits per heavy atom. The first-order valence-electron chi connectivity index (χ1n) is 9.54. The third-order valence-electron chi connectivity index (χ3n) is 4.89. The second kappa shape index (κ2) is 13.2. The van der Waals surface area contributed by atoms with Crippen LogP contribution in [0.3, 0.4) is 0 Å². The van der Waals surface area contributed by atoms with Crippen molar-refractivity contribution in [3.05, 3.63) is 0 Å². The van der Waals surface area contributed by atoms with Crippen LogP contribution >= 0.6 is 24.0 Å². The average molecular weight is 453 g/mol. The number of nitrogens with zero attached hydrogens (tertiary/aromatic N) is 3. The molecule has 0 radical (unpaired) electrons. The number of rotatable bonds is 8. The maximum atomic E-state index is 4.82. The largest absolute Gasteiger partial charge is 0.357 e. The molecule has 1 atom stereocenters. The summed E-state index contributed by atoms with van der Waals surface area (Å²) in [5.74, 6) is 0.981. The summed E-state index contributed by atoms with van der Waals surface area (Å²) in [5.41, 5.74) is 0. The number of halogens is 1. The fourth-order valence-corrected chi connectivity index (χ4v) is 3.26. The zero-order valence-corrected chi connectivity index (χ0v) is 19.0. The Morgan fingerprint density at radius 1 is 1.12 bits per heavy atom. The van der Waals surface area contributed by atoms with Gasteiger partial charge in [0, 0.05) is 37.8 Å². The summed E-state index contributed by atoms with van der Waals surface area (Å²) in [6, 6.07) is 1.70. The SMILES string of the molecule is CCNC(=NCC(C)N(CC)CC)NC1CCN(C(C)C)CC1.I. The van der Waals surface area contributed by atoms with Gasteiger partial charge in [0.05, 0.1) is 6.54 Å². The van der Waals surface area contributed by atoms with Crippen LogP contribution in [0.1, 0.15) is 54.4 Å². The molecule has 2 N–H and O–H groups in total. The van der Waals surface area contributed by atoms with Crippen LogP contribution in [0.15, 0.2) is 4.99 Å². The fraction of sp³-hybridized carbons (Fsp3) is 0.944. The molecule has 6 heteroatoms. The normalized spacial score (nSPS) is 18.6. The molecule has 1 fully saturated rings. The van der Waals surface area contributed by atoms with Crippen molar-refractivity contribution in [2.45, 2.75) is 72.5 Å². The summed E-state index contributed by atoms with van der Waals surface area (Å²) in [4.78, 5) is 9.83. The van der Waals surface area contributed by atoms with E-state index in [0.717, 1.165) is 32.1 Å². The van der Waals surface area contributed by atoms with Crippen molar-refractivity contribution in [1.82, 2.24) is 20.4 Å². The molecule has 24 heavy (non-hydrogen) atoms. The molecular formula is C18H40IN5. The third kappa shape index (κ3) is 8.34. The van der Waals surface area contributed by atoms with E-state index in [1.807, 2.05) is 0 Å². The highest BCUT2D eigenvalue weighted by molar-refractivity contribution is 14.0. The van der Waals surface area contributed by atoms with Crippen LogP contribution in [0, 0.1) is 0 Å². The quantitative estimate of drug-likeness (QED) is 0.337. The van der Waals surface area contributed by atoms with E-state index in [1.165, 1.54) is 25.9 Å². The molecule has 0 saturated carbocycles. The van der Waals surface area contributed by atoms with Gasteiger partial charge in [0.25, 0.3) is 0 Å². The highest BCUT2D eigenvalue weighted by Crippen LogP contribution is 2.12. The monoisotopic (exact) mass is 453 g/mol. The number of guanidine groups is 1. The molecule has 1 saturated heterocycles. The number of nitrogens with one attached hydrogen (secondary N) is 2. The summed E-state index contributed by atoms with van der Waals surface area (Å²) in [7, 11) is 0. The smallest absolute Gasteiger partial charge is 0.191 e. The number of likely N-dealkylation sites (N-methyl/N-ethyl adjacent to an activating group) is 1. The minimum absolute atomic E-state index is 0. The van der Waals surface area contributed by atoms with Crippen molar-refractivity contribution >= 4 is 29.9 Å². The van der Waals surface area contributed by atoms with Crippen LogP contribution in [-0.2, 0) is 0 Å². The van der Waals surface area contributed by atoms with E-state index in [1.54, 1.807) is 0 Å². The molecule has 5 nitrogen and oxygen atoms in total. The molecular weight excluding hydrogens is 413 g/mol. The number of hydrogen-bond donors (Lipinski definition) is 2. The van der Waals surface area contributed by atoms with Crippen LogP contribution in [-0.4, -0.2) is 73.2 Å². The maximum Gasteiger partial charge on any atom is 0.191 e. The van der Waals surface area contributed by atoms with Gasteiger partial charge in [-0.3, -0.25) is 9.89 Å². The molecule has 0 spiro atoms. The Balaban J connectivity index is 0.00000529. The molecule has 144 valence electrons. The van der Waals surface area contributed by atoms with Crippen LogP contribution in [0.2, 0.25) is 0 Å². The highest BCUT2D eigenvalue weighted by Gasteiger charge is 2.21. The number of hydrogen-bond acceptors (Lipinski definition) is 3. The molecule has 0 aromatic heterocycles. The Labute approximate surface area is 167 Å². The lowest BCUT2D eigenvalue weighted by Crippen LogP contribution is -2.50. The molecule has 0 amide bonds. The highest BCUT2D eigenvalue weighted by atomic mass is 127. The van der Waals surface area contributed by atoms with Gasteiger partial charge in [-0.05, 0) is 53.6 Å². The lowest BCUT2D eigenvalue weighted by Gasteiger charge is -2.35. The van der Waals surface area contributed by atoms with Crippen LogP contribution in [0.5, 0.6) is 0 Å². The predicted octanol–water partition coefficient (Wildman–Crippen LogP) is 2.76. The molecule has 0 bridgehead atoms. The molecule has 0 aliphatic carbocycles. The summed E-state index contributed by atoms with van der Waals surface area (Å²) < 4.78 is 0. The minimum Gasteiger partial charge on any atom is -0.357 e. The van der Waals surface area contributed by atoms with E-state index in [-0.39, 0.29) is 24.0 Å². The third-order valence-corrected chi connectivity index (χ3v) is 4.89. The van der Waals surface area contributed by atoms with E-state index in [0.29, 0.717) is 18.1 Å². The summed E-state index contributed by atoms with van der Waals surface area (Å²) >= 11 is 0. The summed E-state index contributed by atoms with van der Waals surface area (Å²) in [5, 5.41) is 7.04. The van der Waals surface area contributed by atoms with Crippen molar-refractivity contribution in [2.24, 2.45) is 4.99 Å². The first kappa shape index (κ1) is 23.9. The first-order chi connectivity index (χ1) is 11.0. The van der Waals surface area contributed by atoms with E-state index in [2.05, 4.69) is 62.0 Å². The van der Waals surface area contributed by atoms with Crippen LogP contribution in [0.4, 0.5) is 0 Å². The van der Waals surface area contributed by atoms with Gasteiger partial charge in [-0.2, -0.15) is 0 Å². The fourth-order valence-electron chi connectivity index (χ4n) is 3.26.